The number of esters is 1. The Morgan fingerprint density at radius 2 is 1.87 bits per heavy atom. The SMILES string of the molecule is COC(=O)c1cc(Cc2ccnc(N)c2F)ncc1Nc1ccc([Si](C)(C)C)cc1F. The largest absolute Gasteiger partial charge is 0.465 e. The van der Waals surface area contributed by atoms with Crippen molar-refractivity contribution in [3.8, 4) is 0 Å². The molecule has 9 heteroatoms. The molecule has 1 aromatic carbocycles. The monoisotopic (exact) mass is 442 g/mol. The van der Waals surface area contributed by atoms with Gasteiger partial charge in [-0.1, -0.05) is 30.9 Å². The molecule has 3 aromatic rings. The molecule has 0 aliphatic rings. The van der Waals surface area contributed by atoms with E-state index in [0.29, 0.717) is 11.3 Å². The molecule has 3 rings (SSSR count). The van der Waals surface area contributed by atoms with Crippen LogP contribution in [0.3, 0.4) is 0 Å². The molecule has 0 spiro atoms. The Morgan fingerprint density at radius 3 is 2.52 bits per heavy atom. The average Bonchev–Trinajstić information content (AvgIpc) is 2.72. The Balaban J connectivity index is 1.94. The zero-order valence-corrected chi connectivity index (χ0v) is 18.8. The molecule has 162 valence electrons. The Bertz CT molecular complexity index is 1130. The lowest BCUT2D eigenvalue weighted by Crippen LogP contribution is -2.37. The highest BCUT2D eigenvalue weighted by atomic mass is 28.3. The van der Waals surface area contributed by atoms with Crippen LogP contribution in [0.1, 0.15) is 21.6 Å². The maximum absolute atomic E-state index is 14.7. The third kappa shape index (κ3) is 5.05. The molecule has 0 fully saturated rings. The highest BCUT2D eigenvalue weighted by Crippen LogP contribution is 2.25. The summed E-state index contributed by atoms with van der Waals surface area (Å²) in [7, 11) is -0.417. The van der Waals surface area contributed by atoms with Gasteiger partial charge in [-0.05, 0) is 29.8 Å². The van der Waals surface area contributed by atoms with Gasteiger partial charge in [0.05, 0.1) is 38.3 Å². The molecule has 2 aromatic heterocycles. The van der Waals surface area contributed by atoms with E-state index in [0.717, 1.165) is 5.19 Å². The summed E-state index contributed by atoms with van der Waals surface area (Å²) in [6.45, 7) is 6.39. The number of hydrogen-bond donors (Lipinski definition) is 2. The number of nitrogen functional groups attached to an aromatic ring is 1. The van der Waals surface area contributed by atoms with E-state index in [9.17, 15) is 13.6 Å². The van der Waals surface area contributed by atoms with Gasteiger partial charge < -0.3 is 15.8 Å². The first-order valence-electron chi connectivity index (χ1n) is 9.63. The van der Waals surface area contributed by atoms with Crippen molar-refractivity contribution in [3.05, 3.63) is 71.2 Å². The van der Waals surface area contributed by atoms with E-state index in [-0.39, 0.29) is 29.2 Å². The number of carbonyl (C=O) groups is 1. The van der Waals surface area contributed by atoms with Gasteiger partial charge in [-0.25, -0.2) is 18.6 Å². The van der Waals surface area contributed by atoms with Crippen molar-refractivity contribution in [3.63, 3.8) is 0 Å². The van der Waals surface area contributed by atoms with Gasteiger partial charge in [0.1, 0.15) is 5.82 Å². The first-order chi connectivity index (χ1) is 14.6. The second-order valence-corrected chi connectivity index (χ2v) is 13.2. The number of anilines is 3. The summed E-state index contributed by atoms with van der Waals surface area (Å²) >= 11 is 0. The van der Waals surface area contributed by atoms with Crippen molar-refractivity contribution in [2.45, 2.75) is 26.1 Å². The van der Waals surface area contributed by atoms with E-state index >= 15 is 0 Å². The fourth-order valence-corrected chi connectivity index (χ4v) is 4.18. The lowest BCUT2D eigenvalue weighted by molar-refractivity contribution is 0.0601. The number of ether oxygens (including phenoxy) is 1. The van der Waals surface area contributed by atoms with E-state index in [2.05, 4.69) is 34.9 Å². The molecule has 0 unspecified atom stereocenters. The molecule has 0 radical (unpaired) electrons. The first-order valence-corrected chi connectivity index (χ1v) is 13.1. The fourth-order valence-electron chi connectivity index (χ4n) is 3.04. The Labute approximate surface area is 180 Å². The molecule has 0 aliphatic heterocycles. The Kier molecular flexibility index (Phi) is 6.35. The van der Waals surface area contributed by atoms with E-state index in [4.69, 9.17) is 10.5 Å². The minimum absolute atomic E-state index is 0.0993. The molecule has 0 amide bonds. The van der Waals surface area contributed by atoms with Crippen LogP contribution in [-0.4, -0.2) is 31.1 Å². The molecule has 0 saturated carbocycles. The van der Waals surface area contributed by atoms with Crippen molar-refractivity contribution in [2.24, 2.45) is 0 Å². The van der Waals surface area contributed by atoms with Crippen molar-refractivity contribution in [2.75, 3.05) is 18.2 Å². The Hall–Kier alpha value is -3.33. The van der Waals surface area contributed by atoms with Crippen molar-refractivity contribution in [1.29, 1.82) is 0 Å². The lowest BCUT2D eigenvalue weighted by atomic mass is 10.1. The number of pyridine rings is 2. The number of nitrogens with two attached hydrogens (primary N) is 1. The van der Waals surface area contributed by atoms with Gasteiger partial charge in [0.25, 0.3) is 0 Å². The van der Waals surface area contributed by atoms with Crippen molar-refractivity contribution < 1.29 is 18.3 Å². The quantitative estimate of drug-likeness (QED) is 0.443. The van der Waals surface area contributed by atoms with Gasteiger partial charge in [0.2, 0.25) is 0 Å². The summed E-state index contributed by atoms with van der Waals surface area (Å²) in [5, 5.41) is 3.90. The van der Waals surface area contributed by atoms with E-state index < -0.39 is 25.7 Å². The van der Waals surface area contributed by atoms with Gasteiger partial charge in [0, 0.05) is 18.3 Å². The Morgan fingerprint density at radius 1 is 1.13 bits per heavy atom. The number of carbonyl (C=O) groups excluding carboxylic acids is 1. The van der Waals surface area contributed by atoms with E-state index in [1.165, 1.54) is 37.7 Å². The lowest BCUT2D eigenvalue weighted by Gasteiger charge is -2.18. The summed E-state index contributed by atoms with van der Waals surface area (Å²) in [6.07, 6.45) is 2.90. The van der Waals surface area contributed by atoms with Crippen LogP contribution >= 0.6 is 0 Å². The third-order valence-electron chi connectivity index (χ3n) is 4.84. The van der Waals surface area contributed by atoms with Crippen LogP contribution in [0.4, 0.5) is 26.0 Å². The van der Waals surface area contributed by atoms with E-state index in [1.807, 2.05) is 6.07 Å². The normalized spacial score (nSPS) is 11.3. The summed E-state index contributed by atoms with van der Waals surface area (Å²) in [5.41, 5.74) is 6.88. The van der Waals surface area contributed by atoms with Crippen LogP contribution in [0.5, 0.6) is 0 Å². The molecular formula is C22H24F2N4O2Si. The molecule has 0 bridgehead atoms. The summed E-state index contributed by atoms with van der Waals surface area (Å²) < 4.78 is 33.7. The molecular weight excluding hydrogens is 418 g/mol. The highest BCUT2D eigenvalue weighted by Gasteiger charge is 2.20. The van der Waals surface area contributed by atoms with Crippen LogP contribution in [0, 0.1) is 11.6 Å². The molecule has 3 N–H and O–H groups in total. The van der Waals surface area contributed by atoms with Crippen LogP contribution in [-0.2, 0) is 11.2 Å². The number of nitrogens with zero attached hydrogens (tertiary/aromatic N) is 2. The predicted octanol–water partition coefficient (Wildman–Crippen LogP) is 4.00. The smallest absolute Gasteiger partial charge is 0.340 e. The van der Waals surface area contributed by atoms with Crippen LogP contribution < -0.4 is 16.2 Å². The zero-order valence-electron chi connectivity index (χ0n) is 17.8. The third-order valence-corrected chi connectivity index (χ3v) is 6.88. The molecule has 6 nitrogen and oxygen atoms in total. The molecule has 0 aliphatic carbocycles. The van der Waals surface area contributed by atoms with Crippen LogP contribution in [0.25, 0.3) is 0 Å². The van der Waals surface area contributed by atoms with Crippen molar-refractivity contribution in [1.82, 2.24) is 9.97 Å². The number of rotatable bonds is 6. The maximum Gasteiger partial charge on any atom is 0.340 e. The maximum atomic E-state index is 14.7. The number of aromatic nitrogens is 2. The standard InChI is InChI=1S/C22H24F2N4O2Si/c1-30-22(29)16-10-14(9-13-7-8-26-21(25)20(13)24)27-12-19(16)28-18-6-5-15(11-17(18)23)31(2,3)4/h5-8,10-12,28H,9H2,1-4H3,(H2,25,26). The van der Waals surface area contributed by atoms with Gasteiger partial charge >= 0.3 is 5.97 Å². The first kappa shape index (κ1) is 22.4. The van der Waals surface area contributed by atoms with Gasteiger partial charge in [0.15, 0.2) is 11.6 Å². The zero-order chi connectivity index (χ0) is 22.8. The molecule has 0 atom stereocenters. The summed E-state index contributed by atoms with van der Waals surface area (Å²) in [5.74, 6) is -1.88. The molecule has 2 heterocycles. The summed E-state index contributed by atoms with van der Waals surface area (Å²) in [6, 6.07) is 8.02. The van der Waals surface area contributed by atoms with E-state index in [1.54, 1.807) is 6.07 Å². The van der Waals surface area contributed by atoms with Gasteiger partial charge in [-0.15, -0.1) is 0 Å². The van der Waals surface area contributed by atoms with Crippen LogP contribution in [0.15, 0.2) is 42.7 Å². The highest BCUT2D eigenvalue weighted by molar-refractivity contribution is 6.88. The number of halogens is 2. The predicted molar refractivity (Wildman–Crippen MR) is 120 cm³/mol. The fraction of sp³-hybridized carbons (Fsp3) is 0.227. The molecule has 31 heavy (non-hydrogen) atoms. The van der Waals surface area contributed by atoms with Gasteiger partial charge in [-0.3, -0.25) is 4.98 Å². The molecule has 0 saturated heterocycles. The average molecular weight is 443 g/mol. The minimum Gasteiger partial charge on any atom is -0.465 e. The number of methoxy groups -OCH3 is 1. The van der Waals surface area contributed by atoms with Gasteiger partial charge in [-0.2, -0.15) is 0 Å². The topological polar surface area (TPSA) is 90.1 Å². The minimum atomic E-state index is -1.67. The second-order valence-electron chi connectivity index (χ2n) is 8.13. The number of benzene rings is 1. The summed E-state index contributed by atoms with van der Waals surface area (Å²) in [4.78, 5) is 20.3. The number of hydrogen-bond acceptors (Lipinski definition) is 6. The van der Waals surface area contributed by atoms with Crippen LogP contribution in [0.2, 0.25) is 19.6 Å². The van der Waals surface area contributed by atoms with Crippen molar-refractivity contribution >= 4 is 36.4 Å². The number of nitrogens with one attached hydrogen (secondary N) is 1. The second kappa shape index (κ2) is 8.81.